The van der Waals surface area contributed by atoms with Crippen molar-refractivity contribution in [1.29, 1.82) is 0 Å². The van der Waals surface area contributed by atoms with Crippen LogP contribution in [0.15, 0.2) is 42.6 Å². The SMILES string of the molecule is Cc1cc(OCc2ccccc2)cnc1Cl. The van der Waals surface area contributed by atoms with Crippen molar-refractivity contribution in [3.05, 3.63) is 58.9 Å². The van der Waals surface area contributed by atoms with Crippen LogP contribution in [0.2, 0.25) is 5.15 Å². The molecule has 1 heterocycles. The predicted octanol–water partition coefficient (Wildman–Crippen LogP) is 3.62. The minimum atomic E-state index is 0.520. The molecule has 0 radical (unpaired) electrons. The summed E-state index contributed by atoms with van der Waals surface area (Å²) in [5.41, 5.74) is 2.06. The maximum absolute atomic E-state index is 5.83. The quantitative estimate of drug-likeness (QED) is 0.756. The summed E-state index contributed by atoms with van der Waals surface area (Å²) in [6.07, 6.45) is 1.64. The van der Waals surface area contributed by atoms with Crippen molar-refractivity contribution in [2.24, 2.45) is 0 Å². The molecule has 0 saturated carbocycles. The fraction of sp³-hybridized carbons (Fsp3) is 0.154. The van der Waals surface area contributed by atoms with Gasteiger partial charge >= 0.3 is 0 Å². The molecule has 2 aromatic rings. The van der Waals surface area contributed by atoms with E-state index in [2.05, 4.69) is 4.98 Å². The standard InChI is InChI=1S/C13H12ClNO/c1-10-7-12(8-15-13(10)14)16-9-11-5-3-2-4-6-11/h2-8H,9H2,1H3. The summed E-state index contributed by atoms with van der Waals surface area (Å²) in [5, 5.41) is 0.520. The molecule has 0 aliphatic heterocycles. The summed E-state index contributed by atoms with van der Waals surface area (Å²) >= 11 is 5.83. The maximum atomic E-state index is 5.83. The molecule has 1 aromatic carbocycles. The Bertz CT molecular complexity index is 471. The lowest BCUT2D eigenvalue weighted by atomic mass is 10.2. The Hall–Kier alpha value is -1.54. The van der Waals surface area contributed by atoms with Gasteiger partial charge in [-0.3, -0.25) is 0 Å². The Labute approximate surface area is 99.9 Å². The van der Waals surface area contributed by atoms with E-state index in [1.807, 2.05) is 43.3 Å². The third kappa shape index (κ3) is 2.74. The number of hydrogen-bond donors (Lipinski definition) is 0. The monoisotopic (exact) mass is 233 g/mol. The summed E-state index contributed by atoms with van der Waals surface area (Å²) in [5.74, 6) is 0.741. The van der Waals surface area contributed by atoms with E-state index in [-0.39, 0.29) is 0 Å². The predicted molar refractivity (Wildman–Crippen MR) is 64.8 cm³/mol. The van der Waals surface area contributed by atoms with E-state index in [9.17, 15) is 0 Å². The van der Waals surface area contributed by atoms with Crippen molar-refractivity contribution in [2.45, 2.75) is 13.5 Å². The van der Waals surface area contributed by atoms with E-state index in [1.54, 1.807) is 6.20 Å². The molecular weight excluding hydrogens is 222 g/mol. The van der Waals surface area contributed by atoms with E-state index < -0.39 is 0 Å². The minimum Gasteiger partial charge on any atom is -0.487 e. The largest absolute Gasteiger partial charge is 0.487 e. The second kappa shape index (κ2) is 4.99. The van der Waals surface area contributed by atoms with E-state index in [0.717, 1.165) is 16.9 Å². The van der Waals surface area contributed by atoms with Gasteiger partial charge in [-0.2, -0.15) is 0 Å². The lowest BCUT2D eigenvalue weighted by Crippen LogP contribution is -1.96. The lowest BCUT2D eigenvalue weighted by molar-refractivity contribution is 0.305. The number of aromatic nitrogens is 1. The molecule has 0 aliphatic rings. The van der Waals surface area contributed by atoms with E-state index in [1.165, 1.54) is 0 Å². The molecule has 1 aromatic heterocycles. The third-order valence-electron chi connectivity index (χ3n) is 2.24. The smallest absolute Gasteiger partial charge is 0.138 e. The normalized spacial score (nSPS) is 10.1. The molecule has 3 heteroatoms. The molecule has 16 heavy (non-hydrogen) atoms. The molecule has 0 unspecified atom stereocenters. The Balaban J connectivity index is 2.03. The van der Waals surface area contributed by atoms with Crippen LogP contribution in [0.3, 0.4) is 0 Å². The van der Waals surface area contributed by atoms with Gasteiger partial charge in [-0.25, -0.2) is 4.98 Å². The van der Waals surface area contributed by atoms with Crippen LogP contribution in [0.5, 0.6) is 5.75 Å². The number of rotatable bonds is 3. The molecule has 2 rings (SSSR count). The van der Waals surface area contributed by atoms with Gasteiger partial charge in [-0.15, -0.1) is 0 Å². The first kappa shape index (κ1) is 11.0. The molecule has 0 aliphatic carbocycles. The van der Waals surface area contributed by atoms with Gasteiger partial charge in [0.2, 0.25) is 0 Å². The van der Waals surface area contributed by atoms with Crippen molar-refractivity contribution in [3.63, 3.8) is 0 Å². The number of pyridine rings is 1. The molecule has 2 nitrogen and oxygen atoms in total. The zero-order valence-electron chi connectivity index (χ0n) is 8.98. The first-order chi connectivity index (χ1) is 7.75. The molecule has 0 spiro atoms. The molecule has 82 valence electrons. The fourth-order valence-electron chi connectivity index (χ4n) is 1.35. The maximum Gasteiger partial charge on any atom is 0.138 e. The second-order valence-corrected chi connectivity index (χ2v) is 3.91. The number of ether oxygens (including phenoxy) is 1. The zero-order valence-corrected chi connectivity index (χ0v) is 9.74. The van der Waals surface area contributed by atoms with Crippen LogP contribution in [-0.2, 0) is 6.61 Å². The number of hydrogen-bond acceptors (Lipinski definition) is 2. The average Bonchev–Trinajstić information content (AvgIpc) is 2.32. The molecule has 0 atom stereocenters. The molecule has 0 saturated heterocycles. The van der Waals surface area contributed by atoms with Crippen molar-refractivity contribution in [1.82, 2.24) is 4.98 Å². The molecule has 0 bridgehead atoms. The van der Waals surface area contributed by atoms with Crippen LogP contribution >= 0.6 is 11.6 Å². The first-order valence-corrected chi connectivity index (χ1v) is 5.42. The van der Waals surface area contributed by atoms with Crippen LogP contribution in [-0.4, -0.2) is 4.98 Å². The van der Waals surface area contributed by atoms with Crippen molar-refractivity contribution in [3.8, 4) is 5.75 Å². The van der Waals surface area contributed by atoms with E-state index >= 15 is 0 Å². The van der Waals surface area contributed by atoms with E-state index in [4.69, 9.17) is 16.3 Å². The molecular formula is C13H12ClNO. The van der Waals surface area contributed by atoms with Gasteiger partial charge in [0.05, 0.1) is 6.20 Å². The number of nitrogens with zero attached hydrogens (tertiary/aromatic N) is 1. The highest BCUT2D eigenvalue weighted by molar-refractivity contribution is 6.30. The summed E-state index contributed by atoms with van der Waals surface area (Å²) in [7, 11) is 0. The number of benzene rings is 1. The van der Waals surface area contributed by atoms with Gasteiger partial charge in [0.1, 0.15) is 17.5 Å². The van der Waals surface area contributed by atoms with Gasteiger partial charge in [0.15, 0.2) is 0 Å². The Morgan fingerprint density at radius 1 is 1.25 bits per heavy atom. The van der Waals surface area contributed by atoms with Crippen LogP contribution < -0.4 is 4.74 Å². The fourth-order valence-corrected chi connectivity index (χ4v) is 1.46. The first-order valence-electron chi connectivity index (χ1n) is 5.04. The third-order valence-corrected chi connectivity index (χ3v) is 2.63. The van der Waals surface area contributed by atoms with Crippen LogP contribution in [0.4, 0.5) is 0 Å². The summed E-state index contributed by atoms with van der Waals surface area (Å²) < 4.78 is 5.61. The van der Waals surface area contributed by atoms with Gasteiger partial charge in [0, 0.05) is 0 Å². The summed E-state index contributed by atoms with van der Waals surface area (Å²) in [4.78, 5) is 4.03. The van der Waals surface area contributed by atoms with Gasteiger partial charge < -0.3 is 4.74 Å². The number of aryl methyl sites for hydroxylation is 1. The highest BCUT2D eigenvalue weighted by Crippen LogP contribution is 2.18. The molecule has 0 fully saturated rings. The van der Waals surface area contributed by atoms with Crippen molar-refractivity contribution < 1.29 is 4.74 Å². The van der Waals surface area contributed by atoms with Gasteiger partial charge in [0.25, 0.3) is 0 Å². The van der Waals surface area contributed by atoms with E-state index in [0.29, 0.717) is 11.8 Å². The topological polar surface area (TPSA) is 22.1 Å². The van der Waals surface area contributed by atoms with Crippen LogP contribution in [0.1, 0.15) is 11.1 Å². The minimum absolute atomic E-state index is 0.520. The summed E-state index contributed by atoms with van der Waals surface area (Å²) in [6, 6.07) is 11.9. The Morgan fingerprint density at radius 2 is 2.00 bits per heavy atom. The zero-order chi connectivity index (χ0) is 11.4. The lowest BCUT2D eigenvalue weighted by Gasteiger charge is -2.06. The number of halogens is 1. The molecule has 0 N–H and O–H groups in total. The van der Waals surface area contributed by atoms with Crippen molar-refractivity contribution in [2.75, 3.05) is 0 Å². The summed E-state index contributed by atoms with van der Waals surface area (Å²) in [6.45, 7) is 2.45. The Morgan fingerprint density at radius 3 is 2.69 bits per heavy atom. The highest BCUT2D eigenvalue weighted by atomic mass is 35.5. The van der Waals surface area contributed by atoms with Crippen molar-refractivity contribution >= 4 is 11.6 Å². The van der Waals surface area contributed by atoms with Crippen LogP contribution in [0.25, 0.3) is 0 Å². The molecule has 0 amide bonds. The highest BCUT2D eigenvalue weighted by Gasteiger charge is 2.00. The van der Waals surface area contributed by atoms with Crippen LogP contribution in [0, 0.1) is 6.92 Å². The average molecular weight is 234 g/mol. The van der Waals surface area contributed by atoms with Gasteiger partial charge in [-0.1, -0.05) is 41.9 Å². The Kier molecular flexibility index (Phi) is 3.42. The van der Waals surface area contributed by atoms with Gasteiger partial charge in [-0.05, 0) is 24.1 Å². The second-order valence-electron chi connectivity index (χ2n) is 3.55.